The molecule has 3 aromatic rings. The van der Waals surface area contributed by atoms with Crippen LogP contribution in [0.3, 0.4) is 0 Å². The second-order valence-electron chi connectivity index (χ2n) is 7.44. The van der Waals surface area contributed by atoms with Gasteiger partial charge < -0.3 is 15.8 Å². The monoisotopic (exact) mass is 486 g/mol. The van der Waals surface area contributed by atoms with E-state index in [2.05, 4.69) is 31.2 Å². The number of amides is 1. The summed E-state index contributed by atoms with van der Waals surface area (Å²) in [5.74, 6) is -0.00544. The Balaban J connectivity index is 1.43. The quantitative estimate of drug-likeness (QED) is 0.525. The van der Waals surface area contributed by atoms with E-state index in [1.807, 2.05) is 36.6 Å². The van der Waals surface area contributed by atoms with E-state index < -0.39 is 0 Å². The molecule has 1 amide bonds. The van der Waals surface area contributed by atoms with Crippen molar-refractivity contribution in [1.82, 2.24) is 15.3 Å². The third-order valence-electron chi connectivity index (χ3n) is 5.18. The first-order valence-corrected chi connectivity index (χ1v) is 11.5. The van der Waals surface area contributed by atoms with Gasteiger partial charge in [0.05, 0.1) is 24.3 Å². The van der Waals surface area contributed by atoms with Crippen molar-refractivity contribution in [3.8, 4) is 10.6 Å². The van der Waals surface area contributed by atoms with Gasteiger partial charge in [0.15, 0.2) is 0 Å². The molecule has 8 heteroatoms. The van der Waals surface area contributed by atoms with Crippen LogP contribution in [0.2, 0.25) is 0 Å². The van der Waals surface area contributed by atoms with E-state index in [9.17, 15) is 4.79 Å². The Morgan fingerprint density at radius 1 is 1.33 bits per heavy atom. The third-order valence-corrected chi connectivity index (χ3v) is 6.71. The minimum atomic E-state index is -0.223. The van der Waals surface area contributed by atoms with Crippen LogP contribution in [0.5, 0.6) is 0 Å². The van der Waals surface area contributed by atoms with Crippen molar-refractivity contribution in [3.63, 3.8) is 0 Å². The number of carbonyl (C=O) groups excluding carboxylic acids is 1. The number of nitrogen functional groups attached to an aromatic ring is 1. The average molecular weight is 487 g/mol. The van der Waals surface area contributed by atoms with Crippen LogP contribution in [-0.4, -0.2) is 28.0 Å². The van der Waals surface area contributed by atoms with Crippen molar-refractivity contribution in [2.45, 2.75) is 44.9 Å². The number of nitrogens with zero attached hydrogens (tertiary/aromatic N) is 2. The lowest BCUT2D eigenvalue weighted by Crippen LogP contribution is -2.41. The van der Waals surface area contributed by atoms with Crippen molar-refractivity contribution in [2.75, 3.05) is 5.73 Å². The molecule has 1 aromatic carbocycles. The van der Waals surface area contributed by atoms with Gasteiger partial charge in [-0.3, -0.25) is 4.79 Å². The van der Waals surface area contributed by atoms with E-state index in [-0.39, 0.29) is 23.9 Å². The SMILES string of the molecule is Cc1csc(-c2cnc(N)c(C(=O)N[C@H]3CCC[C@@H]3OCc3ccc(Br)cc3)c2)n1. The fourth-order valence-electron chi connectivity index (χ4n) is 3.58. The highest BCUT2D eigenvalue weighted by atomic mass is 79.9. The second-order valence-corrected chi connectivity index (χ2v) is 9.21. The number of carbonyl (C=O) groups is 1. The summed E-state index contributed by atoms with van der Waals surface area (Å²) in [5, 5.41) is 5.90. The Kier molecular flexibility index (Phi) is 6.46. The van der Waals surface area contributed by atoms with Gasteiger partial charge in [-0.05, 0) is 49.9 Å². The van der Waals surface area contributed by atoms with Gasteiger partial charge in [-0.2, -0.15) is 0 Å². The van der Waals surface area contributed by atoms with Crippen molar-refractivity contribution in [2.24, 2.45) is 0 Å². The fourth-order valence-corrected chi connectivity index (χ4v) is 4.63. The number of nitrogens with two attached hydrogens (primary N) is 1. The number of pyridine rings is 1. The topological polar surface area (TPSA) is 90.1 Å². The van der Waals surface area contributed by atoms with Crippen LogP contribution >= 0.6 is 27.3 Å². The summed E-state index contributed by atoms with van der Waals surface area (Å²) in [7, 11) is 0. The van der Waals surface area contributed by atoms with Crippen LogP contribution in [0.25, 0.3) is 10.6 Å². The molecule has 156 valence electrons. The standard InChI is InChI=1S/C22H23BrN4O2S/c1-13-12-30-22(26-13)15-9-17(20(24)25-10-15)21(28)27-18-3-2-4-19(18)29-11-14-5-7-16(23)8-6-14/h5-10,12,18-19H,2-4,11H2,1H3,(H2,24,25)(H,27,28)/t18-,19-/m0/s1. The van der Waals surface area contributed by atoms with Gasteiger partial charge in [0.1, 0.15) is 10.8 Å². The minimum Gasteiger partial charge on any atom is -0.383 e. The highest BCUT2D eigenvalue weighted by Gasteiger charge is 2.30. The molecule has 1 aliphatic carbocycles. The lowest BCUT2D eigenvalue weighted by Gasteiger charge is -2.22. The molecule has 2 aromatic heterocycles. The van der Waals surface area contributed by atoms with Gasteiger partial charge in [0.25, 0.3) is 5.91 Å². The van der Waals surface area contributed by atoms with Crippen LogP contribution in [0, 0.1) is 6.92 Å². The first kappa shape index (κ1) is 21.0. The Bertz CT molecular complexity index is 1040. The van der Waals surface area contributed by atoms with Crippen LogP contribution in [0.1, 0.15) is 40.9 Å². The van der Waals surface area contributed by atoms with Crippen molar-refractivity contribution in [1.29, 1.82) is 0 Å². The molecule has 0 unspecified atom stereocenters. The summed E-state index contributed by atoms with van der Waals surface area (Å²) in [6.45, 7) is 2.46. The molecule has 0 bridgehead atoms. The molecule has 30 heavy (non-hydrogen) atoms. The number of ether oxygens (including phenoxy) is 1. The molecule has 6 nitrogen and oxygen atoms in total. The number of rotatable bonds is 6. The molecule has 1 aliphatic rings. The molecular formula is C22H23BrN4O2S. The van der Waals surface area contributed by atoms with Crippen molar-refractivity contribution >= 4 is 39.0 Å². The maximum atomic E-state index is 13.0. The van der Waals surface area contributed by atoms with Gasteiger partial charge in [-0.15, -0.1) is 11.3 Å². The van der Waals surface area contributed by atoms with Crippen LogP contribution in [-0.2, 0) is 11.3 Å². The fraction of sp³-hybridized carbons (Fsp3) is 0.318. The lowest BCUT2D eigenvalue weighted by molar-refractivity contribution is 0.0272. The summed E-state index contributed by atoms with van der Waals surface area (Å²) < 4.78 is 7.16. The maximum Gasteiger partial charge on any atom is 0.255 e. The van der Waals surface area contributed by atoms with Gasteiger partial charge >= 0.3 is 0 Å². The molecule has 0 spiro atoms. The minimum absolute atomic E-state index is 0.0171. The summed E-state index contributed by atoms with van der Waals surface area (Å²) in [6.07, 6.45) is 4.46. The number of hydrogen-bond acceptors (Lipinski definition) is 6. The summed E-state index contributed by atoms with van der Waals surface area (Å²) in [5.41, 5.74) is 9.22. The Labute approximate surface area is 188 Å². The van der Waals surface area contributed by atoms with Gasteiger partial charge in [0.2, 0.25) is 0 Å². The van der Waals surface area contributed by atoms with Crippen molar-refractivity contribution < 1.29 is 9.53 Å². The van der Waals surface area contributed by atoms with E-state index >= 15 is 0 Å². The number of aryl methyl sites for hydroxylation is 1. The molecule has 2 heterocycles. The normalized spacial score (nSPS) is 18.5. The average Bonchev–Trinajstić information content (AvgIpc) is 3.36. The molecule has 0 aliphatic heterocycles. The molecule has 2 atom stereocenters. The highest BCUT2D eigenvalue weighted by Crippen LogP contribution is 2.27. The first-order chi connectivity index (χ1) is 14.5. The van der Waals surface area contributed by atoms with Crippen LogP contribution in [0.4, 0.5) is 5.82 Å². The predicted molar refractivity (Wildman–Crippen MR) is 122 cm³/mol. The van der Waals surface area contributed by atoms with E-state index in [1.54, 1.807) is 12.3 Å². The van der Waals surface area contributed by atoms with E-state index in [4.69, 9.17) is 10.5 Å². The molecule has 1 saturated carbocycles. The van der Waals surface area contributed by atoms with E-state index in [0.717, 1.165) is 45.6 Å². The number of halogens is 1. The van der Waals surface area contributed by atoms with Gasteiger partial charge in [-0.25, -0.2) is 9.97 Å². The summed E-state index contributed by atoms with van der Waals surface area (Å²) in [4.78, 5) is 21.6. The molecule has 0 saturated heterocycles. The first-order valence-electron chi connectivity index (χ1n) is 9.84. The molecule has 1 fully saturated rings. The summed E-state index contributed by atoms with van der Waals surface area (Å²) in [6, 6.07) is 9.79. The zero-order valence-electron chi connectivity index (χ0n) is 16.6. The number of thiazole rings is 1. The van der Waals surface area contributed by atoms with Gasteiger partial charge in [-0.1, -0.05) is 28.1 Å². The molecular weight excluding hydrogens is 464 g/mol. The number of benzene rings is 1. The van der Waals surface area contributed by atoms with Gasteiger partial charge in [0, 0.05) is 27.3 Å². The predicted octanol–water partition coefficient (Wildman–Crippen LogP) is 4.73. The van der Waals surface area contributed by atoms with Crippen molar-refractivity contribution in [3.05, 3.63) is 63.2 Å². The van der Waals surface area contributed by atoms with Crippen LogP contribution in [0.15, 0.2) is 46.4 Å². The van der Waals surface area contributed by atoms with E-state index in [1.165, 1.54) is 11.3 Å². The molecule has 4 rings (SSSR count). The Hall–Kier alpha value is -2.29. The summed E-state index contributed by atoms with van der Waals surface area (Å²) >= 11 is 4.96. The molecule has 0 radical (unpaired) electrons. The Morgan fingerprint density at radius 3 is 2.87 bits per heavy atom. The third kappa shape index (κ3) is 4.88. The molecule has 3 N–H and O–H groups in total. The van der Waals surface area contributed by atoms with Crippen LogP contribution < -0.4 is 11.1 Å². The Morgan fingerprint density at radius 2 is 2.13 bits per heavy atom. The zero-order chi connectivity index (χ0) is 21.1. The number of aromatic nitrogens is 2. The largest absolute Gasteiger partial charge is 0.383 e. The number of hydrogen-bond donors (Lipinski definition) is 2. The second kappa shape index (κ2) is 9.24. The number of anilines is 1. The smallest absolute Gasteiger partial charge is 0.255 e. The number of nitrogens with one attached hydrogen (secondary N) is 1. The van der Waals surface area contributed by atoms with E-state index in [0.29, 0.717) is 12.2 Å². The zero-order valence-corrected chi connectivity index (χ0v) is 19.0. The highest BCUT2D eigenvalue weighted by molar-refractivity contribution is 9.10. The lowest BCUT2D eigenvalue weighted by atomic mass is 10.1. The maximum absolute atomic E-state index is 13.0.